The quantitative estimate of drug-likeness (QED) is 0.486. The lowest BCUT2D eigenvalue weighted by atomic mass is 10.2. The lowest BCUT2D eigenvalue weighted by Crippen LogP contribution is -2.44. The van der Waals surface area contributed by atoms with Gasteiger partial charge in [-0.05, 0) is 12.1 Å². The number of hydrogen-bond donors (Lipinski definition) is 5. The first-order valence-electron chi connectivity index (χ1n) is 5.26. The van der Waals surface area contributed by atoms with Crippen LogP contribution in [0, 0.1) is 0 Å². The van der Waals surface area contributed by atoms with Crippen molar-refractivity contribution in [1.29, 1.82) is 0 Å². The Morgan fingerprint density at radius 1 is 1.21 bits per heavy atom. The molecule has 0 spiro atoms. The van der Waals surface area contributed by atoms with E-state index in [0.717, 1.165) is 0 Å². The molecule has 0 fully saturated rings. The minimum atomic E-state index is -1.51. The number of benzene rings is 1. The number of nitrogen functional groups attached to an aromatic ring is 1. The number of carbonyl (C=O) groups is 3. The highest BCUT2D eigenvalue weighted by Crippen LogP contribution is 2.16. The smallest absolute Gasteiger partial charge is 0.326 e. The second kappa shape index (κ2) is 6.24. The van der Waals surface area contributed by atoms with Crippen molar-refractivity contribution in [3.8, 4) is 0 Å². The summed E-state index contributed by atoms with van der Waals surface area (Å²) >= 11 is 0. The number of carboxylic acid groups (broad SMARTS) is 2. The normalized spacial score (nSPS) is 11.4. The number of nitrogens with one attached hydrogen (secondary N) is 2. The summed E-state index contributed by atoms with van der Waals surface area (Å²) in [6.45, 7) is 0. The van der Waals surface area contributed by atoms with E-state index in [4.69, 9.17) is 15.9 Å². The number of urea groups is 1. The molecule has 0 unspecified atom stereocenters. The fraction of sp³-hybridized carbons (Fsp3) is 0.182. The molecule has 1 atom stereocenters. The summed E-state index contributed by atoms with van der Waals surface area (Å²) in [5.41, 5.74) is 6.20. The zero-order valence-electron chi connectivity index (χ0n) is 9.79. The molecule has 0 saturated carbocycles. The minimum Gasteiger partial charge on any atom is -0.481 e. The average molecular weight is 267 g/mol. The summed E-state index contributed by atoms with van der Waals surface area (Å²) in [7, 11) is 0. The Balaban J connectivity index is 2.65. The largest absolute Gasteiger partial charge is 0.481 e. The molecule has 19 heavy (non-hydrogen) atoms. The topological polar surface area (TPSA) is 142 Å². The van der Waals surface area contributed by atoms with Crippen LogP contribution in [0.3, 0.4) is 0 Å². The number of hydrogen-bond acceptors (Lipinski definition) is 4. The fourth-order valence-corrected chi connectivity index (χ4v) is 1.30. The zero-order chi connectivity index (χ0) is 14.4. The van der Waals surface area contributed by atoms with Crippen LogP contribution in [0.2, 0.25) is 0 Å². The van der Waals surface area contributed by atoms with Crippen molar-refractivity contribution >= 4 is 29.3 Å². The highest BCUT2D eigenvalue weighted by atomic mass is 16.4. The molecule has 0 radical (unpaired) electrons. The van der Waals surface area contributed by atoms with Crippen LogP contribution in [0.5, 0.6) is 0 Å². The first kappa shape index (κ1) is 14.3. The number of para-hydroxylation sites is 2. The third kappa shape index (κ3) is 4.54. The van der Waals surface area contributed by atoms with Crippen LogP contribution in [0.15, 0.2) is 24.3 Å². The van der Waals surface area contributed by atoms with Crippen molar-refractivity contribution in [3.63, 3.8) is 0 Å². The van der Waals surface area contributed by atoms with Gasteiger partial charge in [-0.2, -0.15) is 0 Å². The van der Waals surface area contributed by atoms with Gasteiger partial charge in [0.05, 0.1) is 17.8 Å². The number of aliphatic carboxylic acids is 2. The van der Waals surface area contributed by atoms with Crippen LogP contribution in [-0.4, -0.2) is 34.2 Å². The Morgan fingerprint density at radius 2 is 1.84 bits per heavy atom. The standard InChI is InChI=1S/C11H13N3O5/c12-6-3-1-2-4-7(6)13-11(19)14-8(10(17)18)5-9(15)16/h1-4,8H,5,12H2,(H,15,16)(H,17,18)(H2,13,14,19)/t8-/m1/s1. The number of anilines is 2. The van der Waals surface area contributed by atoms with E-state index >= 15 is 0 Å². The minimum absolute atomic E-state index is 0.305. The molecule has 1 rings (SSSR count). The Labute approximate surface area is 108 Å². The predicted octanol–water partition coefficient (Wildman–Crippen LogP) is 0.318. The molecule has 102 valence electrons. The monoisotopic (exact) mass is 267 g/mol. The maximum atomic E-state index is 11.5. The summed E-state index contributed by atoms with van der Waals surface area (Å²) in [6.07, 6.45) is -0.715. The van der Waals surface area contributed by atoms with Crippen LogP contribution in [0.1, 0.15) is 6.42 Å². The van der Waals surface area contributed by atoms with Crippen LogP contribution in [-0.2, 0) is 9.59 Å². The Morgan fingerprint density at radius 3 is 2.37 bits per heavy atom. The first-order valence-corrected chi connectivity index (χ1v) is 5.26. The van der Waals surface area contributed by atoms with E-state index < -0.39 is 30.4 Å². The average Bonchev–Trinajstić information content (AvgIpc) is 2.30. The van der Waals surface area contributed by atoms with Gasteiger partial charge in [0.25, 0.3) is 0 Å². The van der Waals surface area contributed by atoms with E-state index in [1.807, 2.05) is 5.32 Å². The van der Waals surface area contributed by atoms with Crippen molar-refractivity contribution in [2.75, 3.05) is 11.1 Å². The molecule has 0 saturated heterocycles. The predicted molar refractivity (Wildman–Crippen MR) is 66.7 cm³/mol. The van der Waals surface area contributed by atoms with Crippen LogP contribution < -0.4 is 16.4 Å². The molecule has 0 heterocycles. The van der Waals surface area contributed by atoms with Crippen molar-refractivity contribution in [2.45, 2.75) is 12.5 Å². The Kier molecular flexibility index (Phi) is 4.69. The second-order valence-electron chi connectivity index (χ2n) is 3.67. The van der Waals surface area contributed by atoms with Gasteiger partial charge in [0.2, 0.25) is 0 Å². The Bertz CT molecular complexity index is 503. The number of rotatable bonds is 5. The molecule has 8 heteroatoms. The van der Waals surface area contributed by atoms with Gasteiger partial charge in [0.15, 0.2) is 0 Å². The molecular weight excluding hydrogens is 254 g/mol. The number of carbonyl (C=O) groups excluding carboxylic acids is 1. The summed E-state index contributed by atoms with van der Waals surface area (Å²) < 4.78 is 0. The van der Waals surface area contributed by atoms with Gasteiger partial charge in [-0.25, -0.2) is 9.59 Å². The van der Waals surface area contributed by atoms with Crippen LogP contribution >= 0.6 is 0 Å². The Hall–Kier alpha value is -2.77. The third-order valence-corrected chi connectivity index (χ3v) is 2.19. The molecule has 6 N–H and O–H groups in total. The van der Waals surface area contributed by atoms with Crippen LogP contribution in [0.25, 0.3) is 0 Å². The van der Waals surface area contributed by atoms with Gasteiger partial charge >= 0.3 is 18.0 Å². The third-order valence-electron chi connectivity index (χ3n) is 2.19. The van der Waals surface area contributed by atoms with E-state index in [2.05, 4.69) is 5.32 Å². The summed E-state index contributed by atoms with van der Waals surface area (Å²) in [6, 6.07) is 4.04. The second-order valence-corrected chi connectivity index (χ2v) is 3.67. The molecule has 8 nitrogen and oxygen atoms in total. The van der Waals surface area contributed by atoms with Crippen LogP contribution in [0.4, 0.5) is 16.2 Å². The highest BCUT2D eigenvalue weighted by molar-refractivity contribution is 5.95. The van der Waals surface area contributed by atoms with E-state index in [0.29, 0.717) is 11.4 Å². The van der Waals surface area contributed by atoms with E-state index in [-0.39, 0.29) is 0 Å². The van der Waals surface area contributed by atoms with Gasteiger partial charge in [-0.15, -0.1) is 0 Å². The number of amides is 2. The van der Waals surface area contributed by atoms with Gasteiger partial charge in [-0.1, -0.05) is 12.1 Å². The lowest BCUT2D eigenvalue weighted by molar-refractivity contribution is -0.145. The molecule has 1 aromatic carbocycles. The molecule has 0 bridgehead atoms. The summed E-state index contributed by atoms with van der Waals surface area (Å²) in [5.74, 6) is -2.76. The molecular formula is C11H13N3O5. The molecule has 0 aliphatic heterocycles. The van der Waals surface area contributed by atoms with E-state index in [1.54, 1.807) is 18.2 Å². The van der Waals surface area contributed by atoms with Gasteiger partial charge in [-0.3, -0.25) is 4.79 Å². The van der Waals surface area contributed by atoms with Crippen molar-refractivity contribution < 1.29 is 24.6 Å². The maximum Gasteiger partial charge on any atom is 0.326 e. The summed E-state index contributed by atoms with van der Waals surface area (Å²) in [5, 5.41) is 21.7. The number of nitrogens with two attached hydrogens (primary N) is 1. The van der Waals surface area contributed by atoms with Crippen molar-refractivity contribution in [1.82, 2.24) is 5.32 Å². The zero-order valence-corrected chi connectivity index (χ0v) is 9.79. The number of carboxylic acids is 2. The SMILES string of the molecule is Nc1ccccc1NC(=O)N[C@H](CC(=O)O)C(=O)O. The van der Waals surface area contributed by atoms with Crippen molar-refractivity contribution in [3.05, 3.63) is 24.3 Å². The van der Waals surface area contributed by atoms with Gasteiger partial charge < -0.3 is 26.6 Å². The van der Waals surface area contributed by atoms with E-state index in [1.165, 1.54) is 6.07 Å². The first-order chi connectivity index (χ1) is 8.90. The maximum absolute atomic E-state index is 11.5. The molecule has 0 aromatic heterocycles. The molecule has 0 aliphatic rings. The lowest BCUT2D eigenvalue weighted by Gasteiger charge is -2.14. The van der Waals surface area contributed by atoms with Crippen molar-refractivity contribution in [2.24, 2.45) is 0 Å². The van der Waals surface area contributed by atoms with Gasteiger partial charge in [0.1, 0.15) is 6.04 Å². The summed E-state index contributed by atoms with van der Waals surface area (Å²) in [4.78, 5) is 32.7. The molecule has 2 amide bonds. The van der Waals surface area contributed by atoms with E-state index in [9.17, 15) is 14.4 Å². The molecule has 0 aliphatic carbocycles. The fourth-order valence-electron chi connectivity index (χ4n) is 1.30. The van der Waals surface area contributed by atoms with Gasteiger partial charge in [0, 0.05) is 0 Å². The highest BCUT2D eigenvalue weighted by Gasteiger charge is 2.23. The molecule has 1 aromatic rings.